The lowest BCUT2D eigenvalue weighted by Gasteiger charge is -2.01. The van der Waals surface area contributed by atoms with E-state index in [2.05, 4.69) is 25.1 Å². The molecule has 76 valence electrons. The Morgan fingerprint density at radius 3 is 2.86 bits per heavy atom. The van der Waals surface area contributed by atoms with Crippen LogP contribution in [0.1, 0.15) is 25.3 Å². The zero-order valence-corrected chi connectivity index (χ0v) is 9.56. The molecule has 0 unspecified atom stereocenters. The highest BCUT2D eigenvalue weighted by molar-refractivity contribution is 8.00. The minimum absolute atomic E-state index is 0.346. The molecule has 0 aliphatic carbocycles. The van der Waals surface area contributed by atoms with Crippen LogP contribution in [0, 0.1) is 6.92 Å². The van der Waals surface area contributed by atoms with E-state index in [1.54, 1.807) is 11.8 Å². The molecular formula is C12H16OS. The summed E-state index contributed by atoms with van der Waals surface area (Å²) in [6.07, 6.45) is 1.66. The summed E-state index contributed by atoms with van der Waals surface area (Å²) in [5.41, 5.74) is 1.25. The summed E-state index contributed by atoms with van der Waals surface area (Å²) in [5.74, 6) is 0.955. The van der Waals surface area contributed by atoms with E-state index in [0.29, 0.717) is 18.0 Å². The quantitative estimate of drug-likeness (QED) is 0.689. The van der Waals surface area contributed by atoms with Gasteiger partial charge < -0.3 is 0 Å². The van der Waals surface area contributed by atoms with Crippen molar-refractivity contribution in [2.24, 2.45) is 0 Å². The van der Waals surface area contributed by atoms with Crippen molar-refractivity contribution in [3.8, 4) is 0 Å². The zero-order chi connectivity index (χ0) is 10.4. The molecule has 1 aromatic rings. The highest BCUT2D eigenvalue weighted by Crippen LogP contribution is 2.19. The molecule has 0 amide bonds. The van der Waals surface area contributed by atoms with Crippen molar-refractivity contribution in [3.05, 3.63) is 29.8 Å². The summed E-state index contributed by atoms with van der Waals surface area (Å²) in [5, 5.41) is 0. The molecule has 14 heavy (non-hydrogen) atoms. The molecule has 1 aromatic carbocycles. The predicted octanol–water partition coefficient (Wildman–Crippen LogP) is 3.46. The average molecular weight is 208 g/mol. The van der Waals surface area contributed by atoms with Crippen molar-refractivity contribution in [3.63, 3.8) is 0 Å². The van der Waals surface area contributed by atoms with Gasteiger partial charge in [-0.15, -0.1) is 11.8 Å². The van der Waals surface area contributed by atoms with Crippen LogP contribution in [-0.4, -0.2) is 11.5 Å². The molecule has 0 aliphatic heterocycles. The van der Waals surface area contributed by atoms with Crippen molar-refractivity contribution in [2.45, 2.75) is 31.6 Å². The molecule has 0 aliphatic rings. The SMILES string of the molecule is CCCC(=O)CSc1cccc(C)c1. The van der Waals surface area contributed by atoms with E-state index < -0.39 is 0 Å². The van der Waals surface area contributed by atoms with Crippen LogP contribution in [0.4, 0.5) is 0 Å². The van der Waals surface area contributed by atoms with Crippen LogP contribution in [0.25, 0.3) is 0 Å². The Balaban J connectivity index is 2.41. The first-order valence-electron chi connectivity index (χ1n) is 4.93. The fourth-order valence-electron chi connectivity index (χ4n) is 1.22. The van der Waals surface area contributed by atoms with Crippen LogP contribution in [0.3, 0.4) is 0 Å². The summed E-state index contributed by atoms with van der Waals surface area (Å²) in [7, 11) is 0. The van der Waals surface area contributed by atoms with Gasteiger partial charge in [0.05, 0.1) is 5.75 Å². The highest BCUT2D eigenvalue weighted by atomic mass is 32.2. The molecular weight excluding hydrogens is 192 g/mol. The van der Waals surface area contributed by atoms with Gasteiger partial charge in [0.2, 0.25) is 0 Å². The zero-order valence-electron chi connectivity index (χ0n) is 8.75. The molecule has 0 heterocycles. The second-order valence-corrected chi connectivity index (χ2v) is 4.44. The lowest BCUT2D eigenvalue weighted by Crippen LogP contribution is -1.99. The van der Waals surface area contributed by atoms with Gasteiger partial charge in [-0.25, -0.2) is 0 Å². The van der Waals surface area contributed by atoms with Crippen molar-refractivity contribution >= 4 is 17.5 Å². The van der Waals surface area contributed by atoms with Gasteiger partial charge >= 0.3 is 0 Å². The van der Waals surface area contributed by atoms with Gasteiger partial charge in [0.15, 0.2) is 0 Å². The largest absolute Gasteiger partial charge is 0.299 e. The number of carbonyl (C=O) groups excluding carboxylic acids is 1. The number of ketones is 1. The van der Waals surface area contributed by atoms with Crippen LogP contribution in [0.2, 0.25) is 0 Å². The van der Waals surface area contributed by atoms with E-state index in [0.717, 1.165) is 6.42 Å². The third-order valence-electron chi connectivity index (χ3n) is 1.92. The smallest absolute Gasteiger partial charge is 0.143 e. The van der Waals surface area contributed by atoms with Crippen molar-refractivity contribution in [1.82, 2.24) is 0 Å². The summed E-state index contributed by atoms with van der Waals surface area (Å²) in [4.78, 5) is 12.5. The Kier molecular flexibility index (Phi) is 4.74. The first-order valence-corrected chi connectivity index (χ1v) is 5.92. The standard InChI is InChI=1S/C12H16OS/c1-3-5-11(13)9-14-12-7-4-6-10(2)8-12/h4,6-8H,3,5,9H2,1-2H3. The summed E-state index contributed by atoms with van der Waals surface area (Å²) < 4.78 is 0. The molecule has 0 atom stereocenters. The Hall–Kier alpha value is -0.760. The molecule has 0 aromatic heterocycles. The lowest BCUT2D eigenvalue weighted by atomic mass is 10.2. The maximum atomic E-state index is 11.3. The summed E-state index contributed by atoms with van der Waals surface area (Å²) >= 11 is 1.63. The molecule has 0 bridgehead atoms. The van der Waals surface area contributed by atoms with Crippen LogP contribution < -0.4 is 0 Å². The summed E-state index contributed by atoms with van der Waals surface area (Å²) in [6, 6.07) is 8.26. The van der Waals surface area contributed by atoms with E-state index >= 15 is 0 Å². The maximum absolute atomic E-state index is 11.3. The maximum Gasteiger partial charge on any atom is 0.143 e. The Morgan fingerprint density at radius 1 is 1.43 bits per heavy atom. The van der Waals surface area contributed by atoms with Gasteiger partial charge in [-0.2, -0.15) is 0 Å². The number of Topliss-reactive ketones (excluding diaryl/α,β-unsaturated/α-hetero) is 1. The van der Waals surface area contributed by atoms with Crippen LogP contribution >= 0.6 is 11.8 Å². The molecule has 0 N–H and O–H groups in total. The molecule has 0 spiro atoms. The Morgan fingerprint density at radius 2 is 2.21 bits per heavy atom. The third-order valence-corrected chi connectivity index (χ3v) is 2.97. The monoisotopic (exact) mass is 208 g/mol. The minimum atomic E-state index is 0.346. The molecule has 0 radical (unpaired) electrons. The third kappa shape index (κ3) is 3.97. The van der Waals surface area contributed by atoms with E-state index in [1.165, 1.54) is 10.5 Å². The second-order valence-electron chi connectivity index (χ2n) is 3.39. The van der Waals surface area contributed by atoms with E-state index in [-0.39, 0.29) is 0 Å². The van der Waals surface area contributed by atoms with Gasteiger partial charge in [-0.05, 0) is 25.5 Å². The van der Waals surface area contributed by atoms with Crippen molar-refractivity contribution in [1.29, 1.82) is 0 Å². The van der Waals surface area contributed by atoms with E-state index in [1.807, 2.05) is 13.0 Å². The number of rotatable bonds is 5. The number of benzene rings is 1. The fraction of sp³-hybridized carbons (Fsp3) is 0.417. The Bertz CT molecular complexity index is 307. The van der Waals surface area contributed by atoms with Crippen LogP contribution in [0.15, 0.2) is 29.2 Å². The second kappa shape index (κ2) is 5.86. The highest BCUT2D eigenvalue weighted by Gasteiger charge is 2.01. The molecule has 2 heteroatoms. The molecule has 0 saturated heterocycles. The molecule has 1 rings (SSSR count). The normalized spacial score (nSPS) is 10.1. The number of aryl methyl sites for hydroxylation is 1. The number of hydrogen-bond donors (Lipinski definition) is 0. The topological polar surface area (TPSA) is 17.1 Å². The number of carbonyl (C=O) groups is 1. The summed E-state index contributed by atoms with van der Waals surface area (Å²) in [6.45, 7) is 4.10. The first kappa shape index (κ1) is 11.3. The van der Waals surface area contributed by atoms with Gasteiger partial charge in [0.25, 0.3) is 0 Å². The van der Waals surface area contributed by atoms with Gasteiger partial charge in [0, 0.05) is 11.3 Å². The fourth-order valence-corrected chi connectivity index (χ4v) is 2.14. The first-order chi connectivity index (χ1) is 6.72. The van der Waals surface area contributed by atoms with Gasteiger partial charge in [-0.3, -0.25) is 4.79 Å². The number of hydrogen-bond acceptors (Lipinski definition) is 2. The molecule has 1 nitrogen and oxygen atoms in total. The lowest BCUT2D eigenvalue weighted by molar-refractivity contribution is -0.116. The van der Waals surface area contributed by atoms with Crippen LogP contribution in [0.5, 0.6) is 0 Å². The van der Waals surface area contributed by atoms with Crippen molar-refractivity contribution < 1.29 is 4.79 Å². The van der Waals surface area contributed by atoms with E-state index in [9.17, 15) is 4.79 Å². The van der Waals surface area contributed by atoms with Crippen molar-refractivity contribution in [2.75, 3.05) is 5.75 Å². The van der Waals surface area contributed by atoms with Gasteiger partial charge in [0.1, 0.15) is 5.78 Å². The average Bonchev–Trinajstić information content (AvgIpc) is 2.15. The van der Waals surface area contributed by atoms with E-state index in [4.69, 9.17) is 0 Å². The van der Waals surface area contributed by atoms with Crippen LogP contribution in [-0.2, 0) is 4.79 Å². The number of thioether (sulfide) groups is 1. The molecule has 0 saturated carbocycles. The minimum Gasteiger partial charge on any atom is -0.299 e. The predicted molar refractivity (Wildman–Crippen MR) is 61.8 cm³/mol. The Labute approximate surface area is 89.9 Å². The van der Waals surface area contributed by atoms with Gasteiger partial charge in [-0.1, -0.05) is 24.6 Å². The molecule has 0 fully saturated rings.